The first-order valence-electron chi connectivity index (χ1n) is 4.29. The van der Waals surface area contributed by atoms with Gasteiger partial charge >= 0.3 is 0 Å². The Morgan fingerprint density at radius 1 is 1.43 bits per heavy atom. The topological polar surface area (TPSA) is 44.5 Å². The SMILES string of the molecule is COc1ccc(F)cc1C(CN)OC. The van der Waals surface area contributed by atoms with Gasteiger partial charge in [-0.05, 0) is 18.2 Å². The highest BCUT2D eigenvalue weighted by molar-refractivity contribution is 5.36. The molecule has 0 saturated carbocycles. The number of methoxy groups -OCH3 is 2. The summed E-state index contributed by atoms with van der Waals surface area (Å²) in [6.07, 6.45) is -0.333. The van der Waals surface area contributed by atoms with E-state index >= 15 is 0 Å². The first-order valence-corrected chi connectivity index (χ1v) is 4.29. The van der Waals surface area contributed by atoms with Crippen molar-refractivity contribution in [1.29, 1.82) is 0 Å². The van der Waals surface area contributed by atoms with Gasteiger partial charge in [0.15, 0.2) is 0 Å². The van der Waals surface area contributed by atoms with Gasteiger partial charge in [0.05, 0.1) is 13.2 Å². The molecule has 1 unspecified atom stereocenters. The van der Waals surface area contributed by atoms with Crippen LogP contribution in [-0.4, -0.2) is 20.8 Å². The molecule has 0 radical (unpaired) electrons. The van der Waals surface area contributed by atoms with E-state index in [4.69, 9.17) is 15.2 Å². The van der Waals surface area contributed by atoms with E-state index in [0.717, 1.165) is 0 Å². The second kappa shape index (κ2) is 4.93. The maximum Gasteiger partial charge on any atom is 0.124 e. The van der Waals surface area contributed by atoms with Crippen molar-refractivity contribution < 1.29 is 13.9 Å². The number of hydrogen-bond acceptors (Lipinski definition) is 3. The van der Waals surface area contributed by atoms with Crippen LogP contribution < -0.4 is 10.5 Å². The van der Waals surface area contributed by atoms with Crippen LogP contribution in [0.3, 0.4) is 0 Å². The summed E-state index contributed by atoms with van der Waals surface area (Å²) in [6, 6.07) is 4.28. The molecule has 0 fully saturated rings. The molecule has 0 aliphatic heterocycles. The normalized spacial score (nSPS) is 12.6. The van der Waals surface area contributed by atoms with Crippen LogP contribution in [0, 0.1) is 5.82 Å². The van der Waals surface area contributed by atoms with E-state index in [1.165, 1.54) is 26.4 Å². The molecule has 0 spiro atoms. The number of ether oxygens (including phenoxy) is 2. The third-order valence-corrected chi connectivity index (χ3v) is 2.04. The van der Waals surface area contributed by atoms with Gasteiger partial charge in [-0.25, -0.2) is 4.39 Å². The van der Waals surface area contributed by atoms with Gasteiger partial charge in [-0.2, -0.15) is 0 Å². The Balaban J connectivity index is 3.08. The highest BCUT2D eigenvalue weighted by atomic mass is 19.1. The molecule has 2 N–H and O–H groups in total. The van der Waals surface area contributed by atoms with E-state index in [-0.39, 0.29) is 18.5 Å². The van der Waals surface area contributed by atoms with Crippen molar-refractivity contribution in [3.63, 3.8) is 0 Å². The summed E-state index contributed by atoms with van der Waals surface area (Å²) in [6.45, 7) is 0.288. The first-order chi connectivity index (χ1) is 6.72. The maximum atomic E-state index is 13.0. The van der Waals surface area contributed by atoms with Crippen LogP contribution in [0.25, 0.3) is 0 Å². The van der Waals surface area contributed by atoms with Crippen molar-refractivity contribution in [3.8, 4) is 5.75 Å². The van der Waals surface area contributed by atoms with E-state index in [1.807, 2.05) is 0 Å². The number of nitrogens with two attached hydrogens (primary N) is 1. The van der Waals surface area contributed by atoms with Crippen LogP contribution in [0.1, 0.15) is 11.7 Å². The minimum atomic E-state index is -0.333. The summed E-state index contributed by atoms with van der Waals surface area (Å²) in [5.74, 6) is 0.264. The van der Waals surface area contributed by atoms with Gasteiger partial charge in [-0.1, -0.05) is 0 Å². The number of hydrogen-bond donors (Lipinski definition) is 1. The fourth-order valence-electron chi connectivity index (χ4n) is 1.31. The van der Waals surface area contributed by atoms with Gasteiger partial charge < -0.3 is 15.2 Å². The van der Waals surface area contributed by atoms with Crippen LogP contribution in [0.15, 0.2) is 18.2 Å². The predicted octanol–water partition coefficient (Wildman–Crippen LogP) is 1.48. The lowest BCUT2D eigenvalue weighted by molar-refractivity contribution is 0.107. The van der Waals surface area contributed by atoms with Gasteiger partial charge in [0.25, 0.3) is 0 Å². The third kappa shape index (κ3) is 2.21. The average Bonchev–Trinajstić information content (AvgIpc) is 2.20. The maximum absolute atomic E-state index is 13.0. The Hall–Kier alpha value is -1.13. The second-order valence-electron chi connectivity index (χ2n) is 2.85. The molecule has 0 amide bonds. The van der Waals surface area contributed by atoms with Crippen LogP contribution in [0.5, 0.6) is 5.75 Å². The quantitative estimate of drug-likeness (QED) is 0.798. The fraction of sp³-hybridized carbons (Fsp3) is 0.400. The van der Waals surface area contributed by atoms with E-state index in [9.17, 15) is 4.39 Å². The number of halogens is 1. The molecule has 1 atom stereocenters. The van der Waals surface area contributed by atoms with Crippen molar-refractivity contribution in [2.45, 2.75) is 6.10 Å². The summed E-state index contributed by atoms with van der Waals surface area (Å²) in [4.78, 5) is 0. The lowest BCUT2D eigenvalue weighted by atomic mass is 10.1. The lowest BCUT2D eigenvalue weighted by Gasteiger charge is -2.16. The van der Waals surface area contributed by atoms with E-state index in [1.54, 1.807) is 6.07 Å². The lowest BCUT2D eigenvalue weighted by Crippen LogP contribution is -2.15. The molecule has 4 heteroatoms. The monoisotopic (exact) mass is 199 g/mol. The molecule has 14 heavy (non-hydrogen) atoms. The molecule has 1 aromatic rings. The van der Waals surface area contributed by atoms with Crippen molar-refractivity contribution in [3.05, 3.63) is 29.6 Å². The molecule has 0 heterocycles. The second-order valence-corrected chi connectivity index (χ2v) is 2.85. The van der Waals surface area contributed by atoms with Gasteiger partial charge in [-0.15, -0.1) is 0 Å². The Labute approximate surface area is 82.6 Å². The van der Waals surface area contributed by atoms with Crippen molar-refractivity contribution >= 4 is 0 Å². The van der Waals surface area contributed by atoms with Crippen molar-refractivity contribution in [2.24, 2.45) is 5.73 Å². The summed E-state index contributed by atoms with van der Waals surface area (Å²) < 4.78 is 23.2. The van der Waals surface area contributed by atoms with Crippen LogP contribution in [0.4, 0.5) is 4.39 Å². The molecule has 78 valence electrons. The summed E-state index contributed by atoms with van der Waals surface area (Å²) in [5, 5.41) is 0. The summed E-state index contributed by atoms with van der Waals surface area (Å²) in [7, 11) is 3.06. The largest absolute Gasteiger partial charge is 0.496 e. The zero-order valence-electron chi connectivity index (χ0n) is 8.29. The number of benzene rings is 1. The average molecular weight is 199 g/mol. The van der Waals surface area contributed by atoms with E-state index in [0.29, 0.717) is 11.3 Å². The molecular weight excluding hydrogens is 185 g/mol. The van der Waals surface area contributed by atoms with E-state index in [2.05, 4.69) is 0 Å². The van der Waals surface area contributed by atoms with Gasteiger partial charge in [0.2, 0.25) is 0 Å². The first kappa shape index (κ1) is 10.9. The molecule has 1 aromatic carbocycles. The highest BCUT2D eigenvalue weighted by Crippen LogP contribution is 2.27. The predicted molar refractivity (Wildman–Crippen MR) is 51.8 cm³/mol. The Bertz CT molecular complexity index is 300. The van der Waals surface area contributed by atoms with Crippen LogP contribution in [-0.2, 0) is 4.74 Å². The molecule has 0 saturated heterocycles. The zero-order chi connectivity index (χ0) is 10.6. The molecule has 0 aromatic heterocycles. The molecule has 0 aliphatic rings. The van der Waals surface area contributed by atoms with Gasteiger partial charge in [0.1, 0.15) is 11.6 Å². The molecule has 1 rings (SSSR count). The third-order valence-electron chi connectivity index (χ3n) is 2.04. The van der Waals surface area contributed by atoms with Crippen molar-refractivity contribution in [1.82, 2.24) is 0 Å². The molecule has 0 bridgehead atoms. The minimum Gasteiger partial charge on any atom is -0.496 e. The zero-order valence-corrected chi connectivity index (χ0v) is 8.29. The number of rotatable bonds is 4. The minimum absolute atomic E-state index is 0.288. The van der Waals surface area contributed by atoms with Crippen LogP contribution >= 0.6 is 0 Å². The van der Waals surface area contributed by atoms with Crippen LogP contribution in [0.2, 0.25) is 0 Å². The molecule has 3 nitrogen and oxygen atoms in total. The summed E-state index contributed by atoms with van der Waals surface area (Å²) >= 11 is 0. The fourth-order valence-corrected chi connectivity index (χ4v) is 1.31. The molecular formula is C10H14FNO2. The summed E-state index contributed by atoms with van der Waals surface area (Å²) in [5.41, 5.74) is 6.12. The van der Waals surface area contributed by atoms with Crippen molar-refractivity contribution in [2.75, 3.05) is 20.8 Å². The Morgan fingerprint density at radius 2 is 2.14 bits per heavy atom. The smallest absolute Gasteiger partial charge is 0.124 e. The standard InChI is InChI=1S/C10H14FNO2/c1-13-9-4-3-7(11)5-8(9)10(6-12)14-2/h3-5,10H,6,12H2,1-2H3. The molecule has 0 aliphatic carbocycles. The Morgan fingerprint density at radius 3 is 2.64 bits per heavy atom. The highest BCUT2D eigenvalue weighted by Gasteiger charge is 2.14. The Kier molecular flexibility index (Phi) is 3.85. The van der Waals surface area contributed by atoms with Gasteiger partial charge in [-0.3, -0.25) is 0 Å². The van der Waals surface area contributed by atoms with E-state index < -0.39 is 0 Å². The van der Waals surface area contributed by atoms with Gasteiger partial charge in [0, 0.05) is 19.2 Å².